The van der Waals surface area contributed by atoms with Gasteiger partial charge in [0.2, 0.25) is 0 Å². The molecular weight excluding hydrogens is 172 g/mol. The predicted molar refractivity (Wildman–Crippen MR) is 52.4 cm³/mol. The molecule has 0 aromatic carbocycles. The molecule has 0 aromatic heterocycles. The molecule has 0 atom stereocenters. The van der Waals surface area contributed by atoms with Crippen molar-refractivity contribution in [3.05, 3.63) is 23.5 Å². The molecule has 0 saturated heterocycles. The molecule has 0 amide bonds. The fraction of sp³-hybridized carbons (Fsp3) is 0.600. The molecule has 0 bridgehead atoms. The van der Waals surface area contributed by atoms with E-state index in [1.54, 1.807) is 0 Å². The number of hydrogen-bond acceptors (Lipinski definition) is 1. The van der Waals surface area contributed by atoms with E-state index < -0.39 is 0 Å². The SMILES string of the molecule is CC(=CCCCl)C1=CCCCO1. The summed E-state index contributed by atoms with van der Waals surface area (Å²) in [6.07, 6.45) is 7.50. The van der Waals surface area contributed by atoms with Crippen molar-refractivity contribution in [2.45, 2.75) is 26.2 Å². The van der Waals surface area contributed by atoms with Gasteiger partial charge in [0.1, 0.15) is 5.76 Å². The second-order valence-electron chi connectivity index (χ2n) is 2.92. The maximum absolute atomic E-state index is 5.58. The third kappa shape index (κ3) is 2.90. The zero-order valence-corrected chi connectivity index (χ0v) is 8.23. The number of halogens is 1. The van der Waals surface area contributed by atoms with Crippen molar-refractivity contribution < 1.29 is 4.74 Å². The molecule has 1 aliphatic rings. The third-order valence-electron chi connectivity index (χ3n) is 1.88. The highest BCUT2D eigenvalue weighted by Gasteiger charge is 2.04. The Bertz CT molecular complexity index is 194. The van der Waals surface area contributed by atoms with E-state index in [4.69, 9.17) is 16.3 Å². The van der Waals surface area contributed by atoms with E-state index in [2.05, 4.69) is 19.1 Å². The van der Waals surface area contributed by atoms with E-state index in [-0.39, 0.29) is 0 Å². The van der Waals surface area contributed by atoms with E-state index in [1.165, 1.54) is 5.57 Å². The average molecular weight is 187 g/mol. The standard InChI is InChI=1S/C10H15ClO/c1-9(5-4-7-11)10-6-2-3-8-12-10/h5-6H,2-4,7-8H2,1H3. The molecule has 0 saturated carbocycles. The largest absolute Gasteiger partial charge is 0.494 e. The van der Waals surface area contributed by atoms with Crippen LogP contribution in [-0.2, 0) is 4.74 Å². The van der Waals surface area contributed by atoms with Crippen molar-refractivity contribution in [1.29, 1.82) is 0 Å². The van der Waals surface area contributed by atoms with Gasteiger partial charge in [-0.3, -0.25) is 0 Å². The smallest absolute Gasteiger partial charge is 0.117 e. The Morgan fingerprint density at radius 1 is 1.75 bits per heavy atom. The van der Waals surface area contributed by atoms with Crippen LogP contribution in [-0.4, -0.2) is 12.5 Å². The van der Waals surface area contributed by atoms with E-state index in [0.717, 1.165) is 31.6 Å². The van der Waals surface area contributed by atoms with Crippen molar-refractivity contribution in [3.63, 3.8) is 0 Å². The van der Waals surface area contributed by atoms with Crippen molar-refractivity contribution in [1.82, 2.24) is 0 Å². The van der Waals surface area contributed by atoms with Gasteiger partial charge in [-0.2, -0.15) is 0 Å². The van der Waals surface area contributed by atoms with E-state index in [9.17, 15) is 0 Å². The zero-order valence-electron chi connectivity index (χ0n) is 7.48. The lowest BCUT2D eigenvalue weighted by Crippen LogP contribution is -2.01. The Morgan fingerprint density at radius 2 is 2.58 bits per heavy atom. The van der Waals surface area contributed by atoms with Gasteiger partial charge in [-0.25, -0.2) is 0 Å². The zero-order chi connectivity index (χ0) is 8.81. The average Bonchev–Trinajstić information content (AvgIpc) is 2.15. The van der Waals surface area contributed by atoms with Gasteiger partial charge in [-0.1, -0.05) is 6.08 Å². The van der Waals surface area contributed by atoms with Crippen LogP contribution in [0.5, 0.6) is 0 Å². The van der Waals surface area contributed by atoms with Gasteiger partial charge in [0.05, 0.1) is 6.61 Å². The number of allylic oxidation sites excluding steroid dienone is 3. The van der Waals surface area contributed by atoms with E-state index in [1.807, 2.05) is 0 Å². The van der Waals surface area contributed by atoms with Crippen LogP contribution >= 0.6 is 11.6 Å². The van der Waals surface area contributed by atoms with Crippen molar-refractivity contribution in [2.24, 2.45) is 0 Å². The molecule has 1 nitrogen and oxygen atoms in total. The van der Waals surface area contributed by atoms with Crippen molar-refractivity contribution in [3.8, 4) is 0 Å². The van der Waals surface area contributed by atoms with Crippen molar-refractivity contribution >= 4 is 11.6 Å². The van der Waals surface area contributed by atoms with Gasteiger partial charge < -0.3 is 4.74 Å². The van der Waals surface area contributed by atoms with Crippen LogP contribution < -0.4 is 0 Å². The van der Waals surface area contributed by atoms with Gasteiger partial charge >= 0.3 is 0 Å². The van der Waals surface area contributed by atoms with Gasteiger partial charge in [0, 0.05) is 5.88 Å². The summed E-state index contributed by atoms with van der Waals surface area (Å²) in [4.78, 5) is 0. The Balaban J connectivity index is 2.49. The first-order valence-corrected chi connectivity index (χ1v) is 4.94. The molecular formula is C10H15ClO. The van der Waals surface area contributed by atoms with Crippen LogP contribution in [0, 0.1) is 0 Å². The maximum atomic E-state index is 5.58. The lowest BCUT2D eigenvalue weighted by atomic mass is 10.1. The molecule has 0 radical (unpaired) electrons. The highest BCUT2D eigenvalue weighted by Crippen LogP contribution is 2.17. The summed E-state index contributed by atoms with van der Waals surface area (Å²) in [6.45, 7) is 2.93. The van der Waals surface area contributed by atoms with Crippen molar-refractivity contribution in [2.75, 3.05) is 12.5 Å². The Hall–Kier alpha value is -0.430. The minimum atomic E-state index is 0.685. The molecule has 1 heterocycles. The van der Waals surface area contributed by atoms with Gasteiger partial charge in [-0.15, -0.1) is 11.6 Å². The Labute approximate surface area is 79.1 Å². The Morgan fingerprint density at radius 3 is 3.17 bits per heavy atom. The highest BCUT2D eigenvalue weighted by molar-refractivity contribution is 6.17. The first kappa shape index (κ1) is 9.66. The summed E-state index contributed by atoms with van der Waals surface area (Å²) in [7, 11) is 0. The molecule has 12 heavy (non-hydrogen) atoms. The molecule has 0 aliphatic carbocycles. The molecule has 0 unspecified atom stereocenters. The molecule has 0 fully saturated rings. The predicted octanol–water partition coefficient (Wildman–Crippen LogP) is 3.26. The lowest BCUT2D eigenvalue weighted by molar-refractivity contribution is 0.201. The van der Waals surface area contributed by atoms with Gasteiger partial charge in [0.25, 0.3) is 0 Å². The summed E-state index contributed by atoms with van der Waals surface area (Å²) in [5.74, 6) is 1.73. The first-order chi connectivity index (χ1) is 5.84. The second kappa shape index (κ2) is 5.26. The summed E-state index contributed by atoms with van der Waals surface area (Å²) < 4.78 is 5.49. The summed E-state index contributed by atoms with van der Waals surface area (Å²) in [5.41, 5.74) is 1.22. The van der Waals surface area contributed by atoms with Crippen LogP contribution in [0.4, 0.5) is 0 Å². The minimum absolute atomic E-state index is 0.685. The number of ether oxygens (including phenoxy) is 1. The number of rotatable bonds is 3. The molecule has 1 aliphatic heterocycles. The van der Waals surface area contributed by atoms with E-state index in [0.29, 0.717) is 5.88 Å². The Kier molecular flexibility index (Phi) is 4.23. The number of alkyl halides is 1. The quantitative estimate of drug-likeness (QED) is 0.615. The summed E-state index contributed by atoms with van der Waals surface area (Å²) >= 11 is 5.58. The van der Waals surface area contributed by atoms with Crippen LogP contribution in [0.25, 0.3) is 0 Å². The molecule has 68 valence electrons. The molecule has 2 heteroatoms. The van der Waals surface area contributed by atoms with Crippen LogP contribution in [0.1, 0.15) is 26.2 Å². The van der Waals surface area contributed by atoms with Gasteiger partial charge in [-0.05, 0) is 37.8 Å². The number of hydrogen-bond donors (Lipinski definition) is 0. The normalized spacial score (nSPS) is 18.5. The topological polar surface area (TPSA) is 9.23 Å². The summed E-state index contributed by atoms with van der Waals surface area (Å²) in [6, 6.07) is 0. The van der Waals surface area contributed by atoms with E-state index >= 15 is 0 Å². The van der Waals surface area contributed by atoms with Gasteiger partial charge in [0.15, 0.2) is 0 Å². The molecule has 0 aromatic rings. The third-order valence-corrected chi connectivity index (χ3v) is 2.10. The molecule has 0 N–H and O–H groups in total. The van der Waals surface area contributed by atoms with Crippen LogP contribution in [0.15, 0.2) is 23.5 Å². The maximum Gasteiger partial charge on any atom is 0.117 e. The fourth-order valence-electron chi connectivity index (χ4n) is 1.20. The monoisotopic (exact) mass is 186 g/mol. The molecule has 0 spiro atoms. The first-order valence-electron chi connectivity index (χ1n) is 4.40. The molecule has 1 rings (SSSR count). The lowest BCUT2D eigenvalue weighted by Gasteiger charge is -2.15. The minimum Gasteiger partial charge on any atom is -0.494 e. The fourth-order valence-corrected chi connectivity index (χ4v) is 1.31. The summed E-state index contributed by atoms with van der Waals surface area (Å²) in [5, 5.41) is 0. The van der Waals surface area contributed by atoms with Crippen LogP contribution in [0.2, 0.25) is 0 Å². The second-order valence-corrected chi connectivity index (χ2v) is 3.30. The van der Waals surface area contributed by atoms with Crippen LogP contribution in [0.3, 0.4) is 0 Å². The highest BCUT2D eigenvalue weighted by atomic mass is 35.5.